The summed E-state index contributed by atoms with van der Waals surface area (Å²) in [5.74, 6) is -0.226. The summed E-state index contributed by atoms with van der Waals surface area (Å²) in [5, 5.41) is 5.89. The van der Waals surface area contributed by atoms with Crippen molar-refractivity contribution < 1.29 is 4.39 Å². The van der Waals surface area contributed by atoms with E-state index in [9.17, 15) is 4.39 Å². The Kier molecular flexibility index (Phi) is 4.97. The van der Waals surface area contributed by atoms with Crippen LogP contribution in [0.2, 0.25) is 5.02 Å². The first kappa shape index (κ1) is 14.5. The van der Waals surface area contributed by atoms with Crippen LogP contribution in [0.3, 0.4) is 0 Å². The molecule has 0 bridgehead atoms. The molecule has 4 heteroatoms. The maximum absolute atomic E-state index is 14.0. The summed E-state index contributed by atoms with van der Waals surface area (Å²) in [6.45, 7) is 5.16. The molecule has 0 radical (unpaired) electrons. The molecule has 2 aromatic rings. The van der Waals surface area contributed by atoms with Crippen molar-refractivity contribution in [3.63, 3.8) is 0 Å². The number of halogens is 2. The van der Waals surface area contributed by atoms with Crippen molar-refractivity contribution in [2.24, 2.45) is 0 Å². The summed E-state index contributed by atoms with van der Waals surface area (Å²) in [6.07, 6.45) is 1.08. The third-order valence-corrected chi connectivity index (χ3v) is 4.43. The number of hydrogen-bond donors (Lipinski definition) is 1. The van der Waals surface area contributed by atoms with E-state index in [1.807, 2.05) is 17.5 Å². The number of thiophene rings is 1. The fraction of sp³-hybridized carbons (Fsp3) is 0.333. The lowest BCUT2D eigenvalue weighted by Crippen LogP contribution is -2.19. The predicted molar refractivity (Wildman–Crippen MR) is 81.4 cm³/mol. The van der Waals surface area contributed by atoms with E-state index in [1.165, 1.54) is 17.4 Å². The summed E-state index contributed by atoms with van der Waals surface area (Å²) in [4.78, 5) is 0.795. The van der Waals surface area contributed by atoms with E-state index >= 15 is 0 Å². The lowest BCUT2D eigenvalue weighted by Gasteiger charge is -2.15. The molecule has 1 nitrogen and oxygen atoms in total. The standard InChI is InChI=1S/C15H17ClFNS/c1-3-7-18-10(2)11-4-5-14(17)12(9-11)15-13(16)6-8-19-15/h4-6,8-10,18H,3,7H2,1-2H3. The summed E-state index contributed by atoms with van der Waals surface area (Å²) >= 11 is 7.55. The van der Waals surface area contributed by atoms with Crippen LogP contribution < -0.4 is 5.32 Å². The topological polar surface area (TPSA) is 12.0 Å². The van der Waals surface area contributed by atoms with Gasteiger partial charge in [0.1, 0.15) is 5.82 Å². The Labute approximate surface area is 122 Å². The highest BCUT2D eigenvalue weighted by Crippen LogP contribution is 2.35. The van der Waals surface area contributed by atoms with Crippen molar-refractivity contribution in [1.82, 2.24) is 5.32 Å². The highest BCUT2D eigenvalue weighted by molar-refractivity contribution is 7.14. The first-order valence-corrected chi connectivity index (χ1v) is 7.65. The minimum absolute atomic E-state index is 0.207. The highest BCUT2D eigenvalue weighted by Gasteiger charge is 2.13. The Morgan fingerprint density at radius 2 is 2.16 bits per heavy atom. The molecule has 0 aliphatic heterocycles. The fourth-order valence-electron chi connectivity index (χ4n) is 1.95. The molecule has 0 aliphatic carbocycles. The van der Waals surface area contributed by atoms with Gasteiger partial charge >= 0.3 is 0 Å². The Hall–Kier alpha value is -0.900. The maximum Gasteiger partial charge on any atom is 0.131 e. The van der Waals surface area contributed by atoms with Crippen molar-refractivity contribution in [3.05, 3.63) is 46.0 Å². The summed E-state index contributed by atoms with van der Waals surface area (Å²) in [6, 6.07) is 7.24. The zero-order valence-corrected chi connectivity index (χ0v) is 12.6. The average molecular weight is 298 g/mol. The highest BCUT2D eigenvalue weighted by atomic mass is 35.5. The van der Waals surface area contributed by atoms with E-state index in [0.29, 0.717) is 10.6 Å². The SMILES string of the molecule is CCCNC(C)c1ccc(F)c(-c2sccc2Cl)c1. The van der Waals surface area contributed by atoms with Gasteiger partial charge in [-0.1, -0.05) is 24.6 Å². The largest absolute Gasteiger partial charge is 0.310 e. The normalized spacial score (nSPS) is 12.6. The zero-order valence-electron chi connectivity index (χ0n) is 11.0. The first-order chi connectivity index (χ1) is 9.13. The van der Waals surface area contributed by atoms with Crippen LogP contribution in [0.1, 0.15) is 31.9 Å². The molecule has 0 fully saturated rings. The Morgan fingerprint density at radius 1 is 1.37 bits per heavy atom. The lowest BCUT2D eigenvalue weighted by atomic mass is 10.0. The quantitative estimate of drug-likeness (QED) is 0.793. The Morgan fingerprint density at radius 3 is 2.79 bits per heavy atom. The molecule has 1 atom stereocenters. The average Bonchev–Trinajstić information content (AvgIpc) is 2.82. The van der Waals surface area contributed by atoms with Crippen molar-refractivity contribution >= 4 is 22.9 Å². The molecule has 0 aliphatic rings. The minimum atomic E-state index is -0.226. The van der Waals surface area contributed by atoms with E-state index < -0.39 is 0 Å². The van der Waals surface area contributed by atoms with Gasteiger partial charge in [-0.05, 0) is 49.0 Å². The van der Waals surface area contributed by atoms with Crippen LogP contribution >= 0.6 is 22.9 Å². The molecular formula is C15H17ClFNS. The van der Waals surface area contributed by atoms with Gasteiger partial charge in [-0.2, -0.15) is 0 Å². The van der Waals surface area contributed by atoms with Crippen molar-refractivity contribution in [1.29, 1.82) is 0 Å². The lowest BCUT2D eigenvalue weighted by molar-refractivity contribution is 0.568. The second kappa shape index (κ2) is 6.51. The third kappa shape index (κ3) is 3.35. The van der Waals surface area contributed by atoms with E-state index in [4.69, 9.17) is 11.6 Å². The molecule has 2 rings (SSSR count). The number of benzene rings is 1. The van der Waals surface area contributed by atoms with E-state index in [-0.39, 0.29) is 11.9 Å². The van der Waals surface area contributed by atoms with Gasteiger partial charge in [0.05, 0.1) is 9.90 Å². The number of rotatable bonds is 5. The maximum atomic E-state index is 14.0. The van der Waals surface area contributed by atoms with Crippen molar-refractivity contribution in [2.75, 3.05) is 6.54 Å². The number of hydrogen-bond acceptors (Lipinski definition) is 2. The van der Waals surface area contributed by atoms with Crippen LogP contribution in [-0.4, -0.2) is 6.54 Å². The fourth-order valence-corrected chi connectivity index (χ4v) is 3.13. The van der Waals surface area contributed by atoms with Crippen LogP contribution in [0.25, 0.3) is 10.4 Å². The van der Waals surface area contributed by atoms with Gasteiger partial charge in [-0.15, -0.1) is 11.3 Å². The second-order valence-corrected chi connectivity index (χ2v) is 5.84. The molecule has 1 aromatic heterocycles. The van der Waals surface area contributed by atoms with Crippen LogP contribution in [-0.2, 0) is 0 Å². The molecule has 0 spiro atoms. The monoisotopic (exact) mass is 297 g/mol. The van der Waals surface area contributed by atoms with Crippen LogP contribution in [0.4, 0.5) is 4.39 Å². The van der Waals surface area contributed by atoms with Crippen LogP contribution in [0, 0.1) is 5.82 Å². The summed E-state index contributed by atoms with van der Waals surface area (Å²) < 4.78 is 14.0. The summed E-state index contributed by atoms with van der Waals surface area (Å²) in [7, 11) is 0. The Balaban J connectivity index is 2.32. The zero-order chi connectivity index (χ0) is 13.8. The van der Waals surface area contributed by atoms with Gasteiger partial charge in [-0.3, -0.25) is 0 Å². The van der Waals surface area contributed by atoms with Crippen LogP contribution in [0.15, 0.2) is 29.6 Å². The van der Waals surface area contributed by atoms with Crippen molar-refractivity contribution in [2.45, 2.75) is 26.3 Å². The van der Waals surface area contributed by atoms with E-state index in [2.05, 4.69) is 19.2 Å². The molecule has 102 valence electrons. The molecule has 1 heterocycles. The molecule has 0 saturated carbocycles. The minimum Gasteiger partial charge on any atom is -0.310 e. The molecule has 0 saturated heterocycles. The Bertz CT molecular complexity index is 553. The van der Waals surface area contributed by atoms with Gasteiger partial charge in [0.25, 0.3) is 0 Å². The predicted octanol–water partition coefficient (Wildman–Crippen LogP) is 5.27. The van der Waals surface area contributed by atoms with Gasteiger partial charge in [0, 0.05) is 11.6 Å². The summed E-state index contributed by atoms with van der Waals surface area (Å²) in [5.41, 5.74) is 1.66. The molecule has 1 unspecified atom stereocenters. The van der Waals surface area contributed by atoms with E-state index in [1.54, 1.807) is 6.07 Å². The molecular weight excluding hydrogens is 281 g/mol. The van der Waals surface area contributed by atoms with Gasteiger partial charge in [0.15, 0.2) is 0 Å². The molecule has 19 heavy (non-hydrogen) atoms. The van der Waals surface area contributed by atoms with Crippen LogP contribution in [0.5, 0.6) is 0 Å². The van der Waals surface area contributed by atoms with E-state index in [0.717, 1.165) is 23.4 Å². The molecule has 0 amide bonds. The van der Waals surface area contributed by atoms with Gasteiger partial charge in [0.2, 0.25) is 0 Å². The third-order valence-electron chi connectivity index (χ3n) is 3.05. The molecule has 1 aromatic carbocycles. The van der Waals surface area contributed by atoms with Crippen molar-refractivity contribution in [3.8, 4) is 10.4 Å². The first-order valence-electron chi connectivity index (χ1n) is 6.39. The second-order valence-electron chi connectivity index (χ2n) is 4.51. The molecule has 1 N–H and O–H groups in total. The van der Waals surface area contributed by atoms with Gasteiger partial charge in [-0.25, -0.2) is 4.39 Å². The smallest absolute Gasteiger partial charge is 0.131 e. The van der Waals surface area contributed by atoms with Gasteiger partial charge < -0.3 is 5.32 Å². The number of nitrogens with one attached hydrogen (secondary N) is 1.